The highest BCUT2D eigenvalue weighted by Gasteiger charge is 2.10. The molecule has 2 N–H and O–H groups in total. The molecule has 0 aromatic heterocycles. The van der Waals surface area contributed by atoms with E-state index in [1.165, 1.54) is 0 Å². The van der Waals surface area contributed by atoms with E-state index in [0.29, 0.717) is 11.3 Å². The molecule has 0 spiro atoms. The van der Waals surface area contributed by atoms with E-state index in [0.717, 1.165) is 11.1 Å². The average molecular weight is 285 g/mol. The highest BCUT2D eigenvalue weighted by atomic mass is 16.5. The lowest BCUT2D eigenvalue weighted by Crippen LogP contribution is -2.28. The van der Waals surface area contributed by atoms with Gasteiger partial charge in [-0.1, -0.05) is 29.8 Å². The number of rotatable bonds is 5. The Morgan fingerprint density at radius 3 is 2.33 bits per heavy atom. The van der Waals surface area contributed by atoms with Crippen LogP contribution in [0.1, 0.15) is 27.6 Å². The molecule has 21 heavy (non-hydrogen) atoms. The Morgan fingerprint density at radius 1 is 1.14 bits per heavy atom. The average Bonchev–Trinajstić information content (AvgIpc) is 2.53. The normalized spacial score (nSPS) is 11.8. The number of carbonyl (C=O) groups excluding carboxylic acids is 1. The predicted molar refractivity (Wildman–Crippen MR) is 81.5 cm³/mol. The van der Waals surface area contributed by atoms with Crippen LogP contribution in [0.2, 0.25) is 0 Å². The number of carbonyl (C=O) groups is 1. The second kappa shape index (κ2) is 6.90. The molecular formula is C17H19NO3. The van der Waals surface area contributed by atoms with Crippen LogP contribution in [0.3, 0.4) is 0 Å². The molecule has 1 unspecified atom stereocenters. The minimum absolute atomic E-state index is 0.175. The maximum atomic E-state index is 12.0. The number of hydrogen-bond donors (Lipinski definition) is 2. The van der Waals surface area contributed by atoms with Gasteiger partial charge in [0.05, 0.1) is 13.2 Å². The number of aliphatic hydroxyl groups excluding tert-OH is 1. The molecule has 0 aliphatic carbocycles. The minimum atomic E-state index is -0.715. The van der Waals surface area contributed by atoms with E-state index in [1.807, 2.05) is 31.2 Å². The fourth-order valence-electron chi connectivity index (χ4n) is 1.94. The Bertz CT molecular complexity index is 590. The van der Waals surface area contributed by atoms with Gasteiger partial charge in [-0.15, -0.1) is 0 Å². The van der Waals surface area contributed by atoms with E-state index in [2.05, 4.69) is 5.32 Å². The summed E-state index contributed by atoms with van der Waals surface area (Å²) in [6.45, 7) is 2.16. The number of methoxy groups -OCH3 is 1. The van der Waals surface area contributed by atoms with Crippen molar-refractivity contribution in [3.8, 4) is 5.75 Å². The molecular weight excluding hydrogens is 266 g/mol. The number of aliphatic hydroxyl groups is 1. The lowest BCUT2D eigenvalue weighted by atomic mass is 10.1. The third kappa shape index (κ3) is 4.07. The number of ether oxygens (including phenoxy) is 1. The van der Waals surface area contributed by atoms with E-state index in [9.17, 15) is 9.90 Å². The molecule has 0 saturated heterocycles. The van der Waals surface area contributed by atoms with Gasteiger partial charge in [-0.2, -0.15) is 0 Å². The summed E-state index contributed by atoms with van der Waals surface area (Å²) in [4.78, 5) is 12.0. The standard InChI is InChI=1S/C17H19NO3/c1-12-3-5-13(6-4-12)16(19)11-18-17(20)14-7-9-15(21-2)10-8-14/h3-10,16,19H,11H2,1-2H3,(H,18,20). The van der Waals surface area contributed by atoms with Gasteiger partial charge in [0.1, 0.15) is 5.75 Å². The summed E-state index contributed by atoms with van der Waals surface area (Å²) in [7, 11) is 1.58. The summed E-state index contributed by atoms with van der Waals surface area (Å²) in [5.41, 5.74) is 2.45. The molecule has 0 fully saturated rings. The van der Waals surface area contributed by atoms with Crippen LogP contribution in [0.5, 0.6) is 5.75 Å². The molecule has 2 aromatic rings. The van der Waals surface area contributed by atoms with Crippen LogP contribution in [0, 0.1) is 6.92 Å². The number of amides is 1. The second-order valence-corrected chi connectivity index (χ2v) is 4.87. The molecule has 0 radical (unpaired) electrons. The lowest BCUT2D eigenvalue weighted by Gasteiger charge is -2.12. The van der Waals surface area contributed by atoms with Crippen LogP contribution in [0.25, 0.3) is 0 Å². The maximum absolute atomic E-state index is 12.0. The Hall–Kier alpha value is -2.33. The first-order chi connectivity index (χ1) is 10.1. The van der Waals surface area contributed by atoms with Gasteiger partial charge in [-0.05, 0) is 36.8 Å². The van der Waals surface area contributed by atoms with Crippen molar-refractivity contribution in [1.29, 1.82) is 0 Å². The molecule has 0 aliphatic heterocycles. The quantitative estimate of drug-likeness (QED) is 0.887. The third-order valence-electron chi connectivity index (χ3n) is 3.27. The highest BCUT2D eigenvalue weighted by Crippen LogP contribution is 2.14. The predicted octanol–water partition coefficient (Wildman–Crippen LogP) is 2.47. The molecule has 0 aliphatic rings. The summed E-state index contributed by atoms with van der Waals surface area (Å²) in [6, 6.07) is 14.4. The van der Waals surface area contributed by atoms with E-state index in [-0.39, 0.29) is 12.5 Å². The summed E-state index contributed by atoms with van der Waals surface area (Å²) in [6.07, 6.45) is -0.715. The van der Waals surface area contributed by atoms with Crippen molar-refractivity contribution in [3.63, 3.8) is 0 Å². The molecule has 0 bridgehead atoms. The molecule has 0 heterocycles. The van der Waals surface area contributed by atoms with Crippen molar-refractivity contribution in [1.82, 2.24) is 5.32 Å². The van der Waals surface area contributed by atoms with Gasteiger partial charge in [-0.3, -0.25) is 4.79 Å². The topological polar surface area (TPSA) is 58.6 Å². The van der Waals surface area contributed by atoms with Crippen molar-refractivity contribution < 1.29 is 14.6 Å². The molecule has 1 amide bonds. The Balaban J connectivity index is 1.92. The molecule has 0 saturated carbocycles. The first kappa shape index (κ1) is 15.1. The van der Waals surface area contributed by atoms with Crippen LogP contribution in [0.4, 0.5) is 0 Å². The number of hydrogen-bond acceptors (Lipinski definition) is 3. The Labute approximate surface area is 124 Å². The Morgan fingerprint density at radius 2 is 1.76 bits per heavy atom. The van der Waals surface area contributed by atoms with E-state index in [4.69, 9.17) is 4.74 Å². The third-order valence-corrected chi connectivity index (χ3v) is 3.27. The van der Waals surface area contributed by atoms with Gasteiger partial charge in [0.15, 0.2) is 0 Å². The zero-order valence-electron chi connectivity index (χ0n) is 12.2. The summed E-state index contributed by atoms with van der Waals surface area (Å²) in [5.74, 6) is 0.482. The van der Waals surface area contributed by atoms with Crippen molar-refractivity contribution in [2.24, 2.45) is 0 Å². The van der Waals surface area contributed by atoms with Crippen LogP contribution < -0.4 is 10.1 Å². The smallest absolute Gasteiger partial charge is 0.251 e. The molecule has 4 heteroatoms. The molecule has 4 nitrogen and oxygen atoms in total. The zero-order valence-corrected chi connectivity index (χ0v) is 12.2. The highest BCUT2D eigenvalue weighted by molar-refractivity contribution is 5.94. The van der Waals surface area contributed by atoms with Crippen molar-refractivity contribution >= 4 is 5.91 Å². The van der Waals surface area contributed by atoms with Gasteiger partial charge in [0.2, 0.25) is 0 Å². The molecule has 1 atom stereocenters. The number of nitrogens with one attached hydrogen (secondary N) is 1. The van der Waals surface area contributed by atoms with Gasteiger partial charge < -0.3 is 15.2 Å². The fraction of sp³-hybridized carbons (Fsp3) is 0.235. The largest absolute Gasteiger partial charge is 0.497 e. The second-order valence-electron chi connectivity index (χ2n) is 4.87. The zero-order chi connectivity index (χ0) is 15.2. The van der Waals surface area contributed by atoms with Crippen LogP contribution >= 0.6 is 0 Å². The first-order valence-corrected chi connectivity index (χ1v) is 6.77. The monoisotopic (exact) mass is 285 g/mol. The van der Waals surface area contributed by atoms with Gasteiger partial charge in [-0.25, -0.2) is 0 Å². The van der Waals surface area contributed by atoms with Crippen LogP contribution in [-0.4, -0.2) is 24.7 Å². The van der Waals surface area contributed by atoms with E-state index < -0.39 is 6.10 Å². The maximum Gasteiger partial charge on any atom is 0.251 e. The molecule has 2 rings (SSSR count). The number of benzene rings is 2. The van der Waals surface area contributed by atoms with Crippen LogP contribution in [0.15, 0.2) is 48.5 Å². The summed E-state index contributed by atoms with van der Waals surface area (Å²) in [5, 5.41) is 12.8. The van der Waals surface area contributed by atoms with E-state index in [1.54, 1.807) is 31.4 Å². The lowest BCUT2D eigenvalue weighted by molar-refractivity contribution is 0.0916. The summed E-state index contributed by atoms with van der Waals surface area (Å²) >= 11 is 0. The van der Waals surface area contributed by atoms with Crippen molar-refractivity contribution in [2.45, 2.75) is 13.0 Å². The first-order valence-electron chi connectivity index (χ1n) is 6.77. The van der Waals surface area contributed by atoms with Crippen molar-refractivity contribution in [3.05, 3.63) is 65.2 Å². The van der Waals surface area contributed by atoms with Gasteiger partial charge in [0.25, 0.3) is 5.91 Å². The van der Waals surface area contributed by atoms with Gasteiger partial charge >= 0.3 is 0 Å². The summed E-state index contributed by atoms with van der Waals surface area (Å²) < 4.78 is 5.04. The molecule has 2 aromatic carbocycles. The van der Waals surface area contributed by atoms with Crippen molar-refractivity contribution in [2.75, 3.05) is 13.7 Å². The number of aryl methyl sites for hydroxylation is 1. The molecule has 110 valence electrons. The SMILES string of the molecule is COc1ccc(C(=O)NCC(O)c2ccc(C)cc2)cc1. The Kier molecular flexibility index (Phi) is 4.95. The van der Waals surface area contributed by atoms with Crippen LogP contribution in [-0.2, 0) is 0 Å². The van der Waals surface area contributed by atoms with E-state index >= 15 is 0 Å². The minimum Gasteiger partial charge on any atom is -0.497 e. The fourth-order valence-corrected chi connectivity index (χ4v) is 1.94. The van der Waals surface area contributed by atoms with Gasteiger partial charge in [0, 0.05) is 12.1 Å².